The molecule has 31 heavy (non-hydrogen) atoms. The summed E-state index contributed by atoms with van der Waals surface area (Å²) in [6.45, 7) is 14.4. The Morgan fingerprint density at radius 3 is 2.35 bits per heavy atom. The molecule has 4 aliphatic carbocycles. The van der Waals surface area contributed by atoms with Gasteiger partial charge in [0.25, 0.3) is 0 Å². The molecule has 4 rings (SSSR count). The van der Waals surface area contributed by atoms with Crippen LogP contribution in [0.15, 0.2) is 11.6 Å². The second-order valence-corrected chi connectivity index (χ2v) is 13.2. The molecule has 0 spiro atoms. The number of fused-ring (bicyclic) bond motifs is 5. The number of allylic oxidation sites excluding steroid dienone is 2. The van der Waals surface area contributed by atoms with Gasteiger partial charge < -0.3 is 9.90 Å². The number of carbonyl (C=O) groups is 1. The lowest BCUT2D eigenvalue weighted by molar-refractivity contribution is -0.152. The van der Waals surface area contributed by atoms with Gasteiger partial charge in [-0.15, -0.1) is 0 Å². The van der Waals surface area contributed by atoms with E-state index < -0.39 is 11.5 Å². The molecule has 2 heteroatoms. The van der Waals surface area contributed by atoms with Crippen LogP contribution in [-0.2, 0) is 4.79 Å². The summed E-state index contributed by atoms with van der Waals surface area (Å²) in [6.07, 6.45) is 15.6. The standard InChI is InChI=1S/C29H48O2/c1-19(2)8-7-9-20(3)22-11-12-23-21-10-13-25-28(5,24(21)14-16-27(22,23)4)17-15-26(31)29(25,6)18-30/h10,18-20,22-26,31H,7-9,11-17H2,1-6H3/t20-,22-,23+,24+,25-,26+,27-,28-,29-/m1/s1. The topological polar surface area (TPSA) is 37.3 Å². The monoisotopic (exact) mass is 428 g/mol. The second-order valence-electron chi connectivity index (χ2n) is 13.2. The van der Waals surface area contributed by atoms with Crippen molar-refractivity contribution in [3.05, 3.63) is 11.6 Å². The molecule has 3 saturated carbocycles. The van der Waals surface area contributed by atoms with E-state index in [2.05, 4.69) is 40.7 Å². The van der Waals surface area contributed by atoms with Gasteiger partial charge in [-0.3, -0.25) is 0 Å². The molecule has 9 atom stereocenters. The van der Waals surface area contributed by atoms with Crippen LogP contribution in [0.2, 0.25) is 0 Å². The van der Waals surface area contributed by atoms with Crippen molar-refractivity contribution < 1.29 is 9.90 Å². The highest BCUT2D eigenvalue weighted by atomic mass is 16.3. The molecule has 0 aromatic heterocycles. The summed E-state index contributed by atoms with van der Waals surface area (Å²) in [5.41, 5.74) is 1.81. The molecular weight excluding hydrogens is 380 g/mol. The lowest BCUT2D eigenvalue weighted by Crippen LogP contribution is -2.57. The highest BCUT2D eigenvalue weighted by Crippen LogP contribution is 2.68. The average Bonchev–Trinajstić information content (AvgIpc) is 3.08. The molecular formula is C29H48O2. The van der Waals surface area contributed by atoms with E-state index in [0.717, 1.165) is 49.2 Å². The minimum Gasteiger partial charge on any atom is -0.392 e. The van der Waals surface area contributed by atoms with Gasteiger partial charge in [0.1, 0.15) is 6.29 Å². The van der Waals surface area contributed by atoms with Gasteiger partial charge in [-0.1, -0.05) is 72.5 Å². The SMILES string of the molecule is CC(C)CCC[C@@H](C)[C@H]1CC[C@H]2C3=CC[C@H]4[C@@](C)(C=O)[C@@H](O)CC[C@]4(C)[C@H]3CC[C@]12C. The molecule has 0 unspecified atom stereocenters. The number of rotatable bonds is 6. The van der Waals surface area contributed by atoms with Crippen molar-refractivity contribution in [3.8, 4) is 0 Å². The summed E-state index contributed by atoms with van der Waals surface area (Å²) < 4.78 is 0. The zero-order valence-electron chi connectivity index (χ0n) is 21.1. The smallest absolute Gasteiger partial charge is 0.128 e. The van der Waals surface area contributed by atoms with Gasteiger partial charge in [0, 0.05) is 0 Å². The van der Waals surface area contributed by atoms with Gasteiger partial charge in [-0.2, -0.15) is 0 Å². The van der Waals surface area contributed by atoms with E-state index in [-0.39, 0.29) is 11.3 Å². The highest BCUT2D eigenvalue weighted by molar-refractivity contribution is 5.61. The summed E-state index contributed by atoms with van der Waals surface area (Å²) in [6, 6.07) is 0. The maximum absolute atomic E-state index is 12.1. The van der Waals surface area contributed by atoms with E-state index in [9.17, 15) is 9.90 Å². The lowest BCUT2D eigenvalue weighted by Gasteiger charge is -2.61. The molecule has 1 N–H and O–H groups in total. The summed E-state index contributed by atoms with van der Waals surface area (Å²) >= 11 is 0. The zero-order chi connectivity index (χ0) is 22.6. The first kappa shape index (κ1) is 23.5. The number of hydrogen-bond acceptors (Lipinski definition) is 2. The van der Waals surface area contributed by atoms with Crippen molar-refractivity contribution in [2.45, 2.75) is 112 Å². The molecule has 0 saturated heterocycles. The predicted molar refractivity (Wildman–Crippen MR) is 129 cm³/mol. The van der Waals surface area contributed by atoms with Crippen LogP contribution in [0.25, 0.3) is 0 Å². The Morgan fingerprint density at radius 1 is 1.00 bits per heavy atom. The molecule has 2 nitrogen and oxygen atoms in total. The highest BCUT2D eigenvalue weighted by Gasteiger charge is 2.62. The van der Waals surface area contributed by atoms with Crippen molar-refractivity contribution in [3.63, 3.8) is 0 Å². The molecule has 3 fully saturated rings. The van der Waals surface area contributed by atoms with Crippen LogP contribution >= 0.6 is 0 Å². The van der Waals surface area contributed by atoms with E-state index >= 15 is 0 Å². The van der Waals surface area contributed by atoms with Gasteiger partial charge >= 0.3 is 0 Å². The number of aldehydes is 1. The van der Waals surface area contributed by atoms with Gasteiger partial charge in [0.2, 0.25) is 0 Å². The fourth-order valence-electron chi connectivity index (χ4n) is 9.25. The quantitative estimate of drug-likeness (QED) is 0.358. The van der Waals surface area contributed by atoms with E-state index in [1.807, 2.05) is 6.92 Å². The van der Waals surface area contributed by atoms with Crippen molar-refractivity contribution >= 4 is 6.29 Å². The van der Waals surface area contributed by atoms with Crippen LogP contribution in [0.3, 0.4) is 0 Å². The van der Waals surface area contributed by atoms with Crippen LogP contribution < -0.4 is 0 Å². The van der Waals surface area contributed by atoms with E-state index in [1.54, 1.807) is 5.57 Å². The first-order chi connectivity index (χ1) is 14.6. The molecule has 0 heterocycles. The average molecular weight is 429 g/mol. The molecule has 4 aliphatic rings. The normalized spacial score (nSPS) is 47.9. The zero-order valence-corrected chi connectivity index (χ0v) is 21.1. The Hall–Kier alpha value is -0.630. The minimum atomic E-state index is -0.584. The van der Waals surface area contributed by atoms with E-state index in [0.29, 0.717) is 11.3 Å². The minimum absolute atomic E-state index is 0.168. The first-order valence-corrected chi connectivity index (χ1v) is 13.4. The van der Waals surface area contributed by atoms with Crippen LogP contribution in [0.5, 0.6) is 0 Å². The van der Waals surface area contributed by atoms with Crippen LogP contribution in [0.1, 0.15) is 106 Å². The van der Waals surface area contributed by atoms with Crippen molar-refractivity contribution in [1.82, 2.24) is 0 Å². The predicted octanol–water partition coefficient (Wildman–Crippen LogP) is 7.20. The number of aliphatic hydroxyl groups excluding tert-OH is 1. The van der Waals surface area contributed by atoms with Crippen molar-refractivity contribution in [1.29, 1.82) is 0 Å². The largest absolute Gasteiger partial charge is 0.392 e. The van der Waals surface area contributed by atoms with Crippen LogP contribution in [-0.4, -0.2) is 17.5 Å². The lowest BCUT2D eigenvalue weighted by atomic mass is 9.43. The van der Waals surface area contributed by atoms with Gasteiger partial charge in [-0.25, -0.2) is 0 Å². The third-order valence-electron chi connectivity index (χ3n) is 11.2. The molecule has 0 aromatic rings. The number of carbonyl (C=O) groups excluding carboxylic acids is 1. The van der Waals surface area contributed by atoms with E-state index in [4.69, 9.17) is 0 Å². The third-order valence-corrected chi connectivity index (χ3v) is 11.2. The van der Waals surface area contributed by atoms with Crippen LogP contribution in [0.4, 0.5) is 0 Å². The van der Waals surface area contributed by atoms with Crippen molar-refractivity contribution in [2.75, 3.05) is 0 Å². The second kappa shape index (κ2) is 8.30. The third kappa shape index (κ3) is 3.58. The van der Waals surface area contributed by atoms with Gasteiger partial charge in [0.15, 0.2) is 0 Å². The molecule has 176 valence electrons. The molecule has 0 bridgehead atoms. The number of hydrogen-bond donors (Lipinski definition) is 1. The van der Waals surface area contributed by atoms with Gasteiger partial charge in [-0.05, 0) is 91.3 Å². The Labute approximate surface area is 191 Å². The molecule has 0 radical (unpaired) electrons. The summed E-state index contributed by atoms with van der Waals surface area (Å²) in [5, 5.41) is 10.7. The maximum atomic E-state index is 12.1. The molecule has 0 amide bonds. The Balaban J connectivity index is 1.56. The fraction of sp³-hybridized carbons (Fsp3) is 0.897. The first-order valence-electron chi connectivity index (χ1n) is 13.4. The number of aliphatic hydroxyl groups is 1. The summed E-state index contributed by atoms with van der Waals surface area (Å²) in [5.74, 6) is 4.17. The Kier molecular flexibility index (Phi) is 6.30. The maximum Gasteiger partial charge on any atom is 0.128 e. The molecule has 0 aliphatic heterocycles. The Morgan fingerprint density at radius 2 is 1.68 bits per heavy atom. The molecule has 0 aromatic carbocycles. The van der Waals surface area contributed by atoms with Crippen LogP contribution in [0, 0.1) is 51.8 Å². The van der Waals surface area contributed by atoms with E-state index in [1.165, 1.54) is 44.9 Å². The van der Waals surface area contributed by atoms with Crippen molar-refractivity contribution in [2.24, 2.45) is 51.8 Å². The fourth-order valence-corrected chi connectivity index (χ4v) is 9.25. The van der Waals surface area contributed by atoms with Gasteiger partial charge in [0.05, 0.1) is 11.5 Å². The summed E-state index contributed by atoms with van der Waals surface area (Å²) in [7, 11) is 0. The summed E-state index contributed by atoms with van der Waals surface area (Å²) in [4.78, 5) is 12.1. The Bertz CT molecular complexity index is 710.